The maximum absolute atomic E-state index is 11.1. The molecule has 106 valence electrons. The number of carbonyl (C=O) groups excluding carboxylic acids is 1. The lowest BCUT2D eigenvalue weighted by Gasteiger charge is -2.15. The van der Waals surface area contributed by atoms with Crippen LogP contribution in [0.1, 0.15) is 25.6 Å². The molecule has 0 saturated carbocycles. The van der Waals surface area contributed by atoms with Crippen molar-refractivity contribution in [1.82, 2.24) is 4.98 Å². The maximum Gasteiger partial charge on any atom is 0.221 e. The van der Waals surface area contributed by atoms with Gasteiger partial charge in [0, 0.05) is 24.1 Å². The van der Waals surface area contributed by atoms with E-state index in [1.54, 1.807) is 18.4 Å². The molecule has 0 aliphatic heterocycles. The van der Waals surface area contributed by atoms with Crippen LogP contribution in [0.2, 0.25) is 0 Å². The first-order chi connectivity index (χ1) is 9.60. The van der Waals surface area contributed by atoms with Crippen LogP contribution in [-0.4, -0.2) is 18.0 Å². The summed E-state index contributed by atoms with van der Waals surface area (Å²) in [5, 5.41) is 8.10. The van der Waals surface area contributed by atoms with Gasteiger partial charge in [-0.1, -0.05) is 0 Å². The number of benzene rings is 1. The summed E-state index contributed by atoms with van der Waals surface area (Å²) in [5.74, 6) is 0.496. The molecule has 1 amide bonds. The average molecular weight is 291 g/mol. The third-order valence-corrected chi connectivity index (χ3v) is 3.40. The van der Waals surface area contributed by atoms with E-state index < -0.39 is 0 Å². The predicted octanol–water partition coefficient (Wildman–Crippen LogP) is 3.28. The van der Waals surface area contributed by atoms with Gasteiger partial charge in [0.05, 0.1) is 30.0 Å². The molecule has 1 atom stereocenters. The van der Waals surface area contributed by atoms with Gasteiger partial charge in [0.1, 0.15) is 5.75 Å². The topological polar surface area (TPSA) is 63.2 Å². The Balaban J connectivity index is 2.15. The summed E-state index contributed by atoms with van der Waals surface area (Å²) in [6.45, 7) is 3.51. The number of thiazole rings is 1. The Morgan fingerprint density at radius 3 is 2.85 bits per heavy atom. The van der Waals surface area contributed by atoms with Gasteiger partial charge in [-0.3, -0.25) is 4.79 Å². The highest BCUT2D eigenvalue weighted by atomic mass is 32.1. The Morgan fingerprint density at radius 2 is 2.25 bits per heavy atom. The van der Waals surface area contributed by atoms with Gasteiger partial charge in [0.25, 0.3) is 0 Å². The standard InChI is InChI=1S/C14H17N3O2S/c1-9(13-7-20-8-15-13)16-11-4-5-12(17-10(2)18)14(6-11)19-3/h4-9,16H,1-3H3,(H,17,18). The Labute approximate surface area is 122 Å². The minimum absolute atomic E-state index is 0.109. The van der Waals surface area contributed by atoms with Crippen molar-refractivity contribution in [3.8, 4) is 5.75 Å². The molecular formula is C14H17N3O2S. The molecule has 2 rings (SSSR count). The van der Waals surface area contributed by atoms with Crippen LogP contribution in [0.25, 0.3) is 0 Å². The van der Waals surface area contributed by atoms with Gasteiger partial charge >= 0.3 is 0 Å². The fraction of sp³-hybridized carbons (Fsp3) is 0.286. The lowest BCUT2D eigenvalue weighted by molar-refractivity contribution is -0.114. The van der Waals surface area contributed by atoms with Gasteiger partial charge in [0.15, 0.2) is 0 Å². The van der Waals surface area contributed by atoms with Crippen LogP contribution in [0.4, 0.5) is 11.4 Å². The zero-order valence-corrected chi connectivity index (χ0v) is 12.5. The minimum atomic E-state index is -0.125. The Bertz CT molecular complexity index is 584. The summed E-state index contributed by atoms with van der Waals surface area (Å²) in [6.07, 6.45) is 0. The van der Waals surface area contributed by atoms with Crippen LogP contribution in [0.5, 0.6) is 5.75 Å². The summed E-state index contributed by atoms with van der Waals surface area (Å²) >= 11 is 1.57. The fourth-order valence-electron chi connectivity index (χ4n) is 1.83. The maximum atomic E-state index is 11.1. The molecule has 0 saturated heterocycles. The predicted molar refractivity (Wildman–Crippen MR) is 81.4 cm³/mol. The van der Waals surface area contributed by atoms with E-state index in [9.17, 15) is 4.79 Å². The number of hydrogen-bond donors (Lipinski definition) is 2. The smallest absolute Gasteiger partial charge is 0.221 e. The first kappa shape index (κ1) is 14.3. The monoisotopic (exact) mass is 291 g/mol. The molecule has 5 nitrogen and oxygen atoms in total. The third kappa shape index (κ3) is 3.48. The number of nitrogens with one attached hydrogen (secondary N) is 2. The zero-order valence-electron chi connectivity index (χ0n) is 11.6. The fourth-order valence-corrected chi connectivity index (χ4v) is 2.48. The lowest BCUT2D eigenvalue weighted by atomic mass is 10.2. The van der Waals surface area contributed by atoms with E-state index >= 15 is 0 Å². The summed E-state index contributed by atoms with van der Waals surface area (Å²) in [6, 6.07) is 5.68. The van der Waals surface area contributed by atoms with E-state index in [4.69, 9.17) is 4.74 Å². The second-order valence-corrected chi connectivity index (χ2v) is 5.09. The third-order valence-electron chi connectivity index (χ3n) is 2.79. The van der Waals surface area contributed by atoms with Gasteiger partial charge in [-0.25, -0.2) is 4.98 Å². The van der Waals surface area contributed by atoms with E-state index in [0.29, 0.717) is 11.4 Å². The minimum Gasteiger partial charge on any atom is -0.494 e. The largest absolute Gasteiger partial charge is 0.494 e. The van der Waals surface area contributed by atoms with Crippen LogP contribution in [-0.2, 0) is 4.79 Å². The molecule has 0 aliphatic carbocycles. The van der Waals surface area contributed by atoms with Crippen molar-refractivity contribution in [3.05, 3.63) is 34.8 Å². The molecule has 0 spiro atoms. The highest BCUT2D eigenvalue weighted by Crippen LogP contribution is 2.29. The van der Waals surface area contributed by atoms with E-state index in [1.165, 1.54) is 6.92 Å². The number of methoxy groups -OCH3 is 1. The van der Waals surface area contributed by atoms with Crippen LogP contribution in [0, 0.1) is 0 Å². The zero-order chi connectivity index (χ0) is 14.5. The number of amides is 1. The second-order valence-electron chi connectivity index (χ2n) is 4.38. The number of carbonyl (C=O) groups is 1. The van der Waals surface area contributed by atoms with E-state index in [2.05, 4.69) is 15.6 Å². The van der Waals surface area contributed by atoms with E-state index in [1.807, 2.05) is 36.0 Å². The van der Waals surface area contributed by atoms with Crippen LogP contribution in [0.3, 0.4) is 0 Å². The quantitative estimate of drug-likeness (QED) is 0.887. The molecule has 1 unspecified atom stereocenters. The van der Waals surface area contributed by atoms with Crippen molar-refractivity contribution in [2.75, 3.05) is 17.7 Å². The summed E-state index contributed by atoms with van der Waals surface area (Å²) in [7, 11) is 1.58. The lowest BCUT2D eigenvalue weighted by Crippen LogP contribution is -2.09. The van der Waals surface area contributed by atoms with Crippen LogP contribution in [0.15, 0.2) is 29.1 Å². The number of hydrogen-bond acceptors (Lipinski definition) is 5. The number of ether oxygens (including phenoxy) is 1. The van der Waals surface area contributed by atoms with Gasteiger partial charge in [-0.2, -0.15) is 0 Å². The Morgan fingerprint density at radius 1 is 1.45 bits per heavy atom. The van der Waals surface area contributed by atoms with Crippen molar-refractivity contribution in [2.45, 2.75) is 19.9 Å². The van der Waals surface area contributed by atoms with Crippen molar-refractivity contribution >= 4 is 28.6 Å². The summed E-state index contributed by atoms with van der Waals surface area (Å²) < 4.78 is 5.29. The molecule has 6 heteroatoms. The van der Waals surface area contributed by atoms with Crippen molar-refractivity contribution in [2.24, 2.45) is 0 Å². The van der Waals surface area contributed by atoms with Gasteiger partial charge in [-0.15, -0.1) is 11.3 Å². The first-order valence-corrected chi connectivity index (χ1v) is 7.14. The van der Waals surface area contributed by atoms with Gasteiger partial charge in [-0.05, 0) is 19.1 Å². The highest BCUT2D eigenvalue weighted by Gasteiger charge is 2.10. The Kier molecular flexibility index (Phi) is 4.57. The second kappa shape index (κ2) is 6.38. The number of aromatic nitrogens is 1. The van der Waals surface area contributed by atoms with Crippen molar-refractivity contribution in [3.63, 3.8) is 0 Å². The number of rotatable bonds is 5. The molecule has 0 fully saturated rings. The van der Waals surface area contributed by atoms with Gasteiger partial charge in [0.2, 0.25) is 5.91 Å². The van der Waals surface area contributed by atoms with Crippen molar-refractivity contribution < 1.29 is 9.53 Å². The molecule has 0 aliphatic rings. The molecule has 2 N–H and O–H groups in total. The molecule has 2 aromatic rings. The van der Waals surface area contributed by atoms with Gasteiger partial charge < -0.3 is 15.4 Å². The number of nitrogens with zero attached hydrogens (tertiary/aromatic N) is 1. The average Bonchev–Trinajstić information content (AvgIpc) is 2.94. The Hall–Kier alpha value is -2.08. The molecule has 0 bridgehead atoms. The first-order valence-electron chi connectivity index (χ1n) is 6.20. The molecule has 1 aromatic carbocycles. The van der Waals surface area contributed by atoms with E-state index in [0.717, 1.165) is 11.4 Å². The van der Waals surface area contributed by atoms with Crippen LogP contribution < -0.4 is 15.4 Å². The summed E-state index contributed by atoms with van der Waals surface area (Å²) in [4.78, 5) is 15.4. The number of anilines is 2. The molecule has 1 heterocycles. The summed E-state index contributed by atoms with van der Waals surface area (Å²) in [5.41, 5.74) is 4.39. The molecule has 1 aromatic heterocycles. The molecular weight excluding hydrogens is 274 g/mol. The van der Waals surface area contributed by atoms with E-state index in [-0.39, 0.29) is 11.9 Å². The molecule has 0 radical (unpaired) electrons. The SMILES string of the molecule is COc1cc(NC(C)c2cscn2)ccc1NC(C)=O. The van der Waals surface area contributed by atoms with Crippen LogP contribution >= 0.6 is 11.3 Å². The highest BCUT2D eigenvalue weighted by molar-refractivity contribution is 7.07. The van der Waals surface area contributed by atoms with Crippen molar-refractivity contribution in [1.29, 1.82) is 0 Å². The normalized spacial score (nSPS) is 11.8. The molecule has 20 heavy (non-hydrogen) atoms.